The molecule has 0 unspecified atom stereocenters. The van der Waals surface area contributed by atoms with Crippen LogP contribution in [0.1, 0.15) is 55.4 Å². The average molecular weight is 1180 g/mol. The summed E-state index contributed by atoms with van der Waals surface area (Å²) < 4.78 is 45.9. The molecular formula is C89H63BN2. The Morgan fingerprint density at radius 3 is 1.18 bits per heavy atom. The molecule has 0 aromatic heterocycles. The third kappa shape index (κ3) is 8.01. The molecule has 2 aliphatic heterocycles. The van der Waals surface area contributed by atoms with E-state index in [0.717, 1.165) is 112 Å². The number of fused-ring (bicyclic) bond motifs is 14. The van der Waals surface area contributed by atoms with Gasteiger partial charge in [0.05, 0.1) is 23.6 Å². The van der Waals surface area contributed by atoms with E-state index in [9.17, 15) is 2.74 Å². The van der Waals surface area contributed by atoms with Crippen molar-refractivity contribution in [1.82, 2.24) is 0 Å². The van der Waals surface area contributed by atoms with Crippen LogP contribution in [-0.2, 0) is 10.8 Å². The predicted molar refractivity (Wildman–Crippen MR) is 388 cm³/mol. The van der Waals surface area contributed by atoms with Crippen molar-refractivity contribution < 1.29 is 6.85 Å². The van der Waals surface area contributed by atoms with Crippen LogP contribution in [0.5, 0.6) is 0 Å². The fourth-order valence-corrected chi connectivity index (χ4v) is 16.0. The van der Waals surface area contributed by atoms with Crippen LogP contribution in [0, 0.1) is 0 Å². The lowest BCUT2D eigenvalue weighted by Gasteiger charge is -2.46. The Kier molecular flexibility index (Phi) is 11.1. The Labute approximate surface area is 546 Å². The van der Waals surface area contributed by atoms with E-state index in [4.69, 9.17) is 4.11 Å². The van der Waals surface area contributed by atoms with E-state index in [1.807, 2.05) is 6.07 Å². The van der Waals surface area contributed by atoms with E-state index in [2.05, 4.69) is 322 Å². The highest BCUT2D eigenvalue weighted by atomic mass is 15.2. The van der Waals surface area contributed by atoms with E-state index in [1.54, 1.807) is 0 Å². The largest absolute Gasteiger partial charge is 0.310 e. The molecule has 0 bridgehead atoms. The molecule has 4 aliphatic rings. The Bertz CT molecular complexity index is 5380. The monoisotopic (exact) mass is 1180 g/mol. The second-order valence-corrected chi connectivity index (χ2v) is 25.8. The molecule has 2 heterocycles. The summed E-state index contributed by atoms with van der Waals surface area (Å²) in [5, 5.41) is 0. The number of hydrogen-bond acceptors (Lipinski definition) is 2. The van der Waals surface area contributed by atoms with Crippen molar-refractivity contribution in [2.24, 2.45) is 0 Å². The summed E-state index contributed by atoms with van der Waals surface area (Å²) >= 11 is 0. The van der Waals surface area contributed by atoms with Crippen molar-refractivity contribution >= 4 is 57.2 Å². The number of para-hydroxylation sites is 2. The van der Waals surface area contributed by atoms with Gasteiger partial charge in [-0.3, -0.25) is 0 Å². The quantitative estimate of drug-likeness (QED) is 0.140. The van der Waals surface area contributed by atoms with Crippen LogP contribution >= 0.6 is 0 Å². The zero-order valence-corrected chi connectivity index (χ0v) is 51.3. The zero-order chi connectivity index (χ0) is 65.6. The normalized spacial score (nSPS) is 14.2. The molecular weight excluding hydrogens is 1110 g/mol. The van der Waals surface area contributed by atoms with Crippen LogP contribution in [0.25, 0.3) is 89.0 Å². The first-order valence-electron chi connectivity index (χ1n) is 34.4. The van der Waals surface area contributed by atoms with Crippen LogP contribution in [-0.4, -0.2) is 6.71 Å². The van der Waals surface area contributed by atoms with Gasteiger partial charge in [0.25, 0.3) is 6.71 Å². The lowest BCUT2D eigenvalue weighted by molar-refractivity contribution is 0.590. The number of rotatable bonds is 8. The standard InChI is InChI=1S/C89H63BN2/c1-88(2,3)65-56-82-85-83(57-65)92(87-69(61-34-15-7-16-35-61)44-27-45-70(87)62-36-17-8-18-37-62)81-55-64(66-41-25-46-74-73-40-21-24-49-77(73)89(84(66)74)75-47-22-19-38-71(75)72-39-20-23-48-76(72)89)50-52-78(81)90(85)79-54-63(58-28-9-4-10-29-58)51-53-80(79)91(82)86-67(59-30-11-5-12-31-59)42-26-43-68(86)60-32-13-6-14-33-60/h4-57H,1-3H3/i4D,9D,10D,28D,29D. The number of benzene rings is 14. The summed E-state index contributed by atoms with van der Waals surface area (Å²) in [5.74, 6) is 0. The Morgan fingerprint density at radius 1 is 0.304 bits per heavy atom. The first kappa shape index (κ1) is 48.6. The maximum atomic E-state index is 9.55. The summed E-state index contributed by atoms with van der Waals surface area (Å²) in [6.07, 6.45) is 0. The van der Waals surface area contributed by atoms with Crippen molar-refractivity contribution in [2.45, 2.75) is 31.6 Å². The summed E-state index contributed by atoms with van der Waals surface area (Å²) in [6, 6.07) is 107. The molecule has 0 saturated carbocycles. The lowest BCUT2D eigenvalue weighted by atomic mass is 9.33. The minimum Gasteiger partial charge on any atom is -0.310 e. The highest BCUT2D eigenvalue weighted by Gasteiger charge is 2.53. The first-order valence-corrected chi connectivity index (χ1v) is 31.9. The summed E-state index contributed by atoms with van der Waals surface area (Å²) in [4.78, 5) is 5.10. The van der Waals surface area contributed by atoms with Gasteiger partial charge in [-0.05, 0) is 141 Å². The zero-order valence-electron chi connectivity index (χ0n) is 56.3. The van der Waals surface area contributed by atoms with Crippen molar-refractivity contribution in [3.05, 3.63) is 355 Å². The summed E-state index contributed by atoms with van der Waals surface area (Å²) in [5.41, 5.74) is 30.6. The molecule has 0 fully saturated rings. The van der Waals surface area contributed by atoms with Crippen molar-refractivity contribution in [1.29, 1.82) is 0 Å². The Morgan fingerprint density at radius 2 is 0.707 bits per heavy atom. The highest BCUT2D eigenvalue weighted by molar-refractivity contribution is 7.00. The molecule has 0 radical (unpaired) electrons. The highest BCUT2D eigenvalue weighted by Crippen LogP contribution is 2.65. The molecule has 92 heavy (non-hydrogen) atoms. The fourth-order valence-electron chi connectivity index (χ4n) is 16.0. The third-order valence-corrected chi connectivity index (χ3v) is 19.9. The van der Waals surface area contributed by atoms with Gasteiger partial charge < -0.3 is 9.80 Å². The second kappa shape index (κ2) is 20.9. The first-order chi connectivity index (χ1) is 47.4. The van der Waals surface area contributed by atoms with E-state index >= 15 is 0 Å². The van der Waals surface area contributed by atoms with Gasteiger partial charge in [0.2, 0.25) is 0 Å². The molecule has 0 saturated heterocycles. The Balaban J connectivity index is 1.01. The lowest BCUT2D eigenvalue weighted by Crippen LogP contribution is -2.61. The van der Waals surface area contributed by atoms with Gasteiger partial charge in [0.1, 0.15) is 0 Å². The smallest absolute Gasteiger partial charge is 0.252 e. The second-order valence-electron chi connectivity index (χ2n) is 25.8. The maximum absolute atomic E-state index is 9.55. The molecule has 2 nitrogen and oxygen atoms in total. The summed E-state index contributed by atoms with van der Waals surface area (Å²) in [6.45, 7) is 6.48. The van der Waals surface area contributed by atoms with Crippen LogP contribution in [0.15, 0.2) is 327 Å². The van der Waals surface area contributed by atoms with Gasteiger partial charge in [-0.25, -0.2) is 0 Å². The van der Waals surface area contributed by atoms with Gasteiger partial charge in [-0.1, -0.05) is 324 Å². The van der Waals surface area contributed by atoms with Crippen LogP contribution in [0.2, 0.25) is 0 Å². The van der Waals surface area contributed by atoms with Crippen LogP contribution in [0.4, 0.5) is 34.1 Å². The maximum Gasteiger partial charge on any atom is 0.252 e. The van der Waals surface area contributed by atoms with Gasteiger partial charge in [0.15, 0.2) is 0 Å². The molecule has 1 spiro atoms. The van der Waals surface area contributed by atoms with E-state index in [1.165, 1.54) is 44.5 Å². The van der Waals surface area contributed by atoms with Crippen molar-refractivity contribution in [2.75, 3.05) is 9.80 Å². The summed E-state index contributed by atoms with van der Waals surface area (Å²) in [7, 11) is 0. The molecule has 2 aliphatic carbocycles. The van der Waals surface area contributed by atoms with Gasteiger partial charge in [0, 0.05) is 45.0 Å². The Hall–Kier alpha value is -11.3. The number of anilines is 6. The van der Waals surface area contributed by atoms with Crippen molar-refractivity contribution in [3.63, 3.8) is 0 Å². The molecule has 432 valence electrons. The fraction of sp³-hybridized carbons (Fsp3) is 0.0562. The van der Waals surface area contributed by atoms with Crippen LogP contribution in [0.3, 0.4) is 0 Å². The van der Waals surface area contributed by atoms with Gasteiger partial charge in [-0.2, -0.15) is 0 Å². The molecule has 3 heteroatoms. The minimum atomic E-state index is -0.630. The molecule has 0 amide bonds. The number of nitrogens with zero attached hydrogens (tertiary/aromatic N) is 2. The van der Waals surface area contributed by atoms with E-state index in [-0.39, 0.29) is 35.1 Å². The SMILES string of the molecule is [2H]c1c([2H])c([2H])c(-c2ccc3c(c2)B2c4ccc(-c5cccc6c5C5(c7ccccc7-c7ccccc75)c5ccccc5-6)cc4N(c4c(-c5ccccc5)cccc4-c4ccccc4)c4cc(C(C)(C)C)cc(c42)N3c2c(-c3ccccc3)cccc2-c2ccccc2)c([2H])c1[2H]. The van der Waals surface area contributed by atoms with E-state index < -0.39 is 18.2 Å². The average Bonchev–Trinajstić information content (AvgIpc) is 1.09. The topological polar surface area (TPSA) is 6.48 Å². The molecule has 0 N–H and O–H groups in total. The van der Waals surface area contributed by atoms with Crippen molar-refractivity contribution in [3.8, 4) is 89.0 Å². The predicted octanol–water partition coefficient (Wildman–Crippen LogP) is 21.4. The van der Waals surface area contributed by atoms with Crippen LogP contribution < -0.4 is 26.2 Å². The molecule has 0 atom stereocenters. The van der Waals surface area contributed by atoms with Gasteiger partial charge in [-0.15, -0.1) is 0 Å². The van der Waals surface area contributed by atoms with Gasteiger partial charge >= 0.3 is 0 Å². The third-order valence-electron chi connectivity index (χ3n) is 19.9. The van der Waals surface area contributed by atoms with E-state index in [0.29, 0.717) is 5.56 Å². The molecule has 18 rings (SSSR count). The minimum absolute atomic E-state index is 0.157. The molecule has 14 aromatic rings. The molecule has 14 aromatic carbocycles. The number of hydrogen-bond donors (Lipinski definition) is 0.